The second kappa shape index (κ2) is 2.71. The summed E-state index contributed by atoms with van der Waals surface area (Å²) in [6.07, 6.45) is 4.88. The molecule has 11 heavy (non-hydrogen) atoms. The molecule has 0 atom stereocenters. The van der Waals surface area contributed by atoms with Crippen molar-refractivity contribution in [2.24, 2.45) is 0 Å². The van der Waals surface area contributed by atoms with Crippen molar-refractivity contribution in [2.75, 3.05) is 0 Å². The van der Waals surface area contributed by atoms with Gasteiger partial charge in [-0.15, -0.1) is 0 Å². The van der Waals surface area contributed by atoms with Gasteiger partial charge in [0.2, 0.25) is 0 Å². The third kappa shape index (κ3) is 1.22. The smallest absolute Gasteiger partial charge is 0.192 e. The fourth-order valence-corrected chi connectivity index (χ4v) is 1.13. The molecular weight excluding hydrogens is 160 g/mol. The second-order valence-electron chi connectivity index (χ2n) is 1.85. The van der Waals surface area contributed by atoms with E-state index in [0.29, 0.717) is 11.5 Å². The lowest BCUT2D eigenvalue weighted by molar-refractivity contribution is 1.16. The van der Waals surface area contributed by atoms with Crippen molar-refractivity contribution < 1.29 is 0 Å². The van der Waals surface area contributed by atoms with E-state index in [4.69, 9.17) is 0 Å². The largest absolute Gasteiger partial charge is 0.261 e. The molecule has 0 unspecified atom stereocenters. The van der Waals surface area contributed by atoms with Crippen LogP contribution in [0.1, 0.15) is 0 Å². The van der Waals surface area contributed by atoms with Gasteiger partial charge in [-0.3, -0.25) is 4.98 Å². The molecule has 0 fully saturated rings. The number of aromatic nitrogens is 4. The molecule has 5 heteroatoms. The van der Waals surface area contributed by atoms with Crippen LogP contribution in [0.4, 0.5) is 0 Å². The standard InChI is InChI=1S/C6H4N4S/c1-2-8-5(3-7-1)6-9-4-11-10-6/h1-4H. The molecule has 0 spiro atoms. The molecule has 0 aliphatic rings. The Morgan fingerprint density at radius 1 is 1.18 bits per heavy atom. The van der Waals surface area contributed by atoms with Gasteiger partial charge in [-0.2, -0.15) is 4.37 Å². The Balaban J connectivity index is 2.46. The summed E-state index contributed by atoms with van der Waals surface area (Å²) in [6, 6.07) is 0. The Labute approximate surface area is 67.1 Å². The van der Waals surface area contributed by atoms with Crippen LogP contribution in [0, 0.1) is 0 Å². The van der Waals surface area contributed by atoms with Crippen LogP contribution in [-0.2, 0) is 0 Å². The second-order valence-corrected chi connectivity index (χ2v) is 2.45. The average molecular weight is 164 g/mol. The summed E-state index contributed by atoms with van der Waals surface area (Å²) in [4.78, 5) is 11.9. The summed E-state index contributed by atoms with van der Waals surface area (Å²) in [5.74, 6) is 0.642. The number of hydrogen-bond donors (Lipinski definition) is 0. The van der Waals surface area contributed by atoms with Crippen LogP contribution < -0.4 is 0 Å². The SMILES string of the molecule is c1cnc(-c2ncsn2)cn1. The molecule has 0 saturated carbocycles. The van der Waals surface area contributed by atoms with Gasteiger partial charge < -0.3 is 0 Å². The molecule has 0 saturated heterocycles. The topological polar surface area (TPSA) is 51.6 Å². The van der Waals surface area contributed by atoms with Crippen LogP contribution in [0.15, 0.2) is 24.1 Å². The van der Waals surface area contributed by atoms with Crippen molar-refractivity contribution in [1.82, 2.24) is 19.3 Å². The van der Waals surface area contributed by atoms with Crippen LogP contribution in [0.3, 0.4) is 0 Å². The summed E-state index contributed by atoms with van der Waals surface area (Å²) < 4.78 is 4.01. The van der Waals surface area contributed by atoms with Crippen LogP contribution in [0.2, 0.25) is 0 Å². The van der Waals surface area contributed by atoms with E-state index in [1.165, 1.54) is 11.5 Å². The first-order chi connectivity index (χ1) is 5.47. The summed E-state index contributed by atoms with van der Waals surface area (Å²) in [5.41, 5.74) is 2.39. The average Bonchev–Trinajstić information content (AvgIpc) is 2.58. The first-order valence-electron chi connectivity index (χ1n) is 2.99. The lowest BCUT2D eigenvalue weighted by Gasteiger charge is -1.88. The Hall–Kier alpha value is -1.36. The molecule has 2 rings (SSSR count). The number of nitrogens with zero attached hydrogens (tertiary/aromatic N) is 4. The quantitative estimate of drug-likeness (QED) is 0.630. The summed E-state index contributed by atoms with van der Waals surface area (Å²) in [7, 11) is 0. The van der Waals surface area contributed by atoms with Crippen molar-refractivity contribution in [3.8, 4) is 11.5 Å². The zero-order chi connectivity index (χ0) is 7.52. The van der Waals surface area contributed by atoms with Crippen LogP contribution in [-0.4, -0.2) is 19.3 Å². The third-order valence-corrected chi connectivity index (χ3v) is 1.63. The highest BCUT2D eigenvalue weighted by Crippen LogP contribution is 2.09. The minimum absolute atomic E-state index is 0.642. The maximum Gasteiger partial charge on any atom is 0.192 e. The molecule has 0 N–H and O–H groups in total. The van der Waals surface area contributed by atoms with Gasteiger partial charge in [0.1, 0.15) is 11.2 Å². The van der Waals surface area contributed by atoms with E-state index < -0.39 is 0 Å². The molecule has 0 bridgehead atoms. The van der Waals surface area contributed by atoms with Crippen LogP contribution >= 0.6 is 11.5 Å². The monoisotopic (exact) mass is 164 g/mol. The minimum atomic E-state index is 0.642. The fraction of sp³-hybridized carbons (Fsp3) is 0. The lowest BCUT2D eigenvalue weighted by Crippen LogP contribution is -1.84. The molecule has 0 aliphatic carbocycles. The molecule has 0 amide bonds. The minimum Gasteiger partial charge on any atom is -0.261 e. The number of rotatable bonds is 1. The molecule has 0 aliphatic heterocycles. The van der Waals surface area contributed by atoms with Crippen molar-refractivity contribution in [3.63, 3.8) is 0 Å². The van der Waals surface area contributed by atoms with E-state index in [1.54, 1.807) is 24.1 Å². The summed E-state index contributed by atoms with van der Waals surface area (Å²) >= 11 is 1.31. The van der Waals surface area contributed by atoms with Crippen molar-refractivity contribution >= 4 is 11.5 Å². The molecule has 4 nitrogen and oxygen atoms in total. The highest BCUT2D eigenvalue weighted by Gasteiger charge is 2.00. The van der Waals surface area contributed by atoms with Gasteiger partial charge in [-0.1, -0.05) is 0 Å². The van der Waals surface area contributed by atoms with E-state index in [9.17, 15) is 0 Å². The van der Waals surface area contributed by atoms with E-state index in [2.05, 4.69) is 19.3 Å². The van der Waals surface area contributed by atoms with Gasteiger partial charge in [0.25, 0.3) is 0 Å². The first-order valence-corrected chi connectivity index (χ1v) is 3.83. The van der Waals surface area contributed by atoms with E-state index in [-0.39, 0.29) is 0 Å². The van der Waals surface area contributed by atoms with Crippen molar-refractivity contribution in [3.05, 3.63) is 24.1 Å². The van der Waals surface area contributed by atoms with Gasteiger partial charge in [-0.05, 0) is 11.5 Å². The zero-order valence-corrected chi connectivity index (χ0v) is 6.32. The van der Waals surface area contributed by atoms with Crippen molar-refractivity contribution in [1.29, 1.82) is 0 Å². The maximum atomic E-state index is 4.04. The Morgan fingerprint density at radius 3 is 2.82 bits per heavy atom. The van der Waals surface area contributed by atoms with E-state index in [1.807, 2.05) is 0 Å². The van der Waals surface area contributed by atoms with Crippen LogP contribution in [0.25, 0.3) is 11.5 Å². The summed E-state index contributed by atoms with van der Waals surface area (Å²) in [6.45, 7) is 0. The Bertz CT molecular complexity index is 318. The summed E-state index contributed by atoms with van der Waals surface area (Å²) in [5, 5.41) is 0. The predicted molar refractivity (Wildman–Crippen MR) is 40.9 cm³/mol. The van der Waals surface area contributed by atoms with Crippen LogP contribution in [0.5, 0.6) is 0 Å². The molecule has 54 valence electrons. The predicted octanol–water partition coefficient (Wildman–Crippen LogP) is 0.995. The fourth-order valence-electron chi connectivity index (χ4n) is 0.698. The Kier molecular flexibility index (Phi) is 1.57. The molecular formula is C6H4N4S. The first kappa shape index (κ1) is 6.36. The number of hydrogen-bond acceptors (Lipinski definition) is 5. The molecule has 2 aromatic rings. The normalized spacial score (nSPS) is 9.82. The molecule has 2 heterocycles. The molecule has 2 aromatic heterocycles. The van der Waals surface area contributed by atoms with Crippen molar-refractivity contribution in [2.45, 2.75) is 0 Å². The van der Waals surface area contributed by atoms with Gasteiger partial charge >= 0.3 is 0 Å². The van der Waals surface area contributed by atoms with Gasteiger partial charge in [0.05, 0.1) is 6.20 Å². The lowest BCUT2D eigenvalue weighted by atomic mass is 10.4. The Morgan fingerprint density at radius 2 is 2.18 bits per heavy atom. The maximum absolute atomic E-state index is 4.04. The third-order valence-electron chi connectivity index (χ3n) is 1.15. The van der Waals surface area contributed by atoms with Gasteiger partial charge in [-0.25, -0.2) is 9.97 Å². The van der Waals surface area contributed by atoms with Gasteiger partial charge in [0.15, 0.2) is 5.82 Å². The van der Waals surface area contributed by atoms with E-state index >= 15 is 0 Å². The van der Waals surface area contributed by atoms with E-state index in [0.717, 1.165) is 0 Å². The van der Waals surface area contributed by atoms with Gasteiger partial charge in [0, 0.05) is 12.4 Å². The zero-order valence-electron chi connectivity index (χ0n) is 5.51. The highest BCUT2D eigenvalue weighted by molar-refractivity contribution is 7.03. The molecule has 0 aromatic carbocycles. The highest BCUT2D eigenvalue weighted by atomic mass is 32.1. The molecule has 0 radical (unpaired) electrons.